The summed E-state index contributed by atoms with van der Waals surface area (Å²) in [6.07, 6.45) is 5.69. The minimum atomic E-state index is -1.94. The van der Waals surface area contributed by atoms with Crippen LogP contribution >= 0.6 is 0 Å². The van der Waals surface area contributed by atoms with Crippen molar-refractivity contribution in [3.8, 4) is 0 Å². The normalized spacial score (nSPS) is 23.6. The molecule has 4 nitrogen and oxygen atoms in total. The number of β-lactam (4-membered cyclic amide) rings is 1. The molecular formula is C22H45NO3Si. The van der Waals surface area contributed by atoms with Crippen molar-refractivity contribution in [3.63, 3.8) is 0 Å². The van der Waals surface area contributed by atoms with Gasteiger partial charge in [0.1, 0.15) is 0 Å². The number of rotatable bonds is 11. The molecule has 0 unspecified atom stereocenters. The summed E-state index contributed by atoms with van der Waals surface area (Å²) < 4.78 is 6.53. The van der Waals surface area contributed by atoms with Gasteiger partial charge in [0, 0.05) is 12.0 Å². The number of unbranched alkanes of at least 4 members (excludes halogenated alkanes) is 2. The molecule has 5 heteroatoms. The van der Waals surface area contributed by atoms with E-state index < -0.39 is 13.9 Å². The molecule has 1 aliphatic heterocycles. The van der Waals surface area contributed by atoms with Gasteiger partial charge in [0.2, 0.25) is 5.91 Å². The summed E-state index contributed by atoms with van der Waals surface area (Å²) in [6, 6.07) is -0.00372. The molecule has 1 rings (SSSR count). The number of aliphatic hydroxyl groups is 1. The number of nitrogens with one attached hydrogen (secondary N) is 1. The average molecular weight is 400 g/mol. The highest BCUT2D eigenvalue weighted by molar-refractivity contribution is 6.74. The number of hydrogen-bond donors (Lipinski definition) is 2. The topological polar surface area (TPSA) is 58.6 Å². The number of amides is 1. The lowest BCUT2D eigenvalue weighted by molar-refractivity contribution is -0.148. The Bertz CT molecular complexity index is 478. The van der Waals surface area contributed by atoms with Crippen LogP contribution in [-0.4, -0.2) is 37.1 Å². The van der Waals surface area contributed by atoms with Gasteiger partial charge in [-0.2, -0.15) is 0 Å². The van der Waals surface area contributed by atoms with Crippen molar-refractivity contribution in [1.29, 1.82) is 0 Å². The lowest BCUT2D eigenvalue weighted by Gasteiger charge is -2.50. The zero-order valence-electron chi connectivity index (χ0n) is 19.3. The first-order valence-corrected chi connectivity index (χ1v) is 13.9. The van der Waals surface area contributed by atoms with E-state index >= 15 is 0 Å². The van der Waals surface area contributed by atoms with Crippen molar-refractivity contribution in [2.75, 3.05) is 0 Å². The summed E-state index contributed by atoms with van der Waals surface area (Å²) in [6.45, 7) is 19.6. The second-order valence-electron chi connectivity index (χ2n) is 10.2. The Labute approximate surface area is 169 Å². The van der Waals surface area contributed by atoms with E-state index in [1.165, 1.54) is 0 Å². The molecule has 0 aliphatic carbocycles. The Kier molecular flexibility index (Phi) is 8.58. The largest absolute Gasteiger partial charge is 0.413 e. The maximum atomic E-state index is 12.4. The van der Waals surface area contributed by atoms with E-state index in [2.05, 4.69) is 60.0 Å². The number of carbonyl (C=O) groups excluding carboxylic acids is 1. The van der Waals surface area contributed by atoms with E-state index in [1.54, 1.807) is 0 Å². The number of carbonyl (C=O) groups is 1. The van der Waals surface area contributed by atoms with E-state index in [-0.39, 0.29) is 34.9 Å². The van der Waals surface area contributed by atoms with Gasteiger partial charge in [0.25, 0.3) is 0 Å². The third kappa shape index (κ3) is 5.80. The molecule has 0 saturated carbocycles. The molecule has 1 heterocycles. The van der Waals surface area contributed by atoms with Gasteiger partial charge in [-0.25, -0.2) is 0 Å². The Morgan fingerprint density at radius 2 is 1.59 bits per heavy atom. The van der Waals surface area contributed by atoms with Crippen molar-refractivity contribution < 1.29 is 14.3 Å². The molecule has 1 saturated heterocycles. The molecule has 1 aliphatic rings. The number of hydrogen-bond acceptors (Lipinski definition) is 3. The fourth-order valence-corrected chi connectivity index (χ4v) is 5.38. The van der Waals surface area contributed by atoms with E-state index in [0.29, 0.717) is 0 Å². The Balaban J connectivity index is 2.92. The van der Waals surface area contributed by atoms with Crippen molar-refractivity contribution in [2.45, 2.75) is 123 Å². The van der Waals surface area contributed by atoms with Crippen LogP contribution in [0.4, 0.5) is 0 Å². The molecule has 1 fully saturated rings. The summed E-state index contributed by atoms with van der Waals surface area (Å²) in [7, 11) is -1.94. The van der Waals surface area contributed by atoms with Gasteiger partial charge in [-0.05, 0) is 37.9 Å². The summed E-state index contributed by atoms with van der Waals surface area (Å²) in [5.74, 6) is -0.0564. The molecule has 0 radical (unpaired) electrons. The smallest absolute Gasteiger partial charge is 0.228 e. The minimum absolute atomic E-state index is 0.00372. The summed E-state index contributed by atoms with van der Waals surface area (Å²) >= 11 is 0. The highest BCUT2D eigenvalue weighted by Crippen LogP contribution is 2.42. The molecule has 0 aromatic rings. The van der Waals surface area contributed by atoms with Gasteiger partial charge in [-0.15, -0.1) is 0 Å². The average Bonchev–Trinajstić information content (AvgIpc) is 2.53. The van der Waals surface area contributed by atoms with Crippen LogP contribution in [0.15, 0.2) is 0 Å². The predicted octanol–water partition coefficient (Wildman–Crippen LogP) is 5.26. The Hall–Kier alpha value is -0.393. The van der Waals surface area contributed by atoms with Gasteiger partial charge >= 0.3 is 0 Å². The lowest BCUT2D eigenvalue weighted by Crippen LogP contribution is -2.68. The van der Waals surface area contributed by atoms with Gasteiger partial charge in [-0.1, -0.05) is 67.2 Å². The third-order valence-electron chi connectivity index (χ3n) is 7.10. The van der Waals surface area contributed by atoms with Crippen LogP contribution in [0.3, 0.4) is 0 Å². The van der Waals surface area contributed by atoms with E-state index in [4.69, 9.17) is 4.43 Å². The highest BCUT2D eigenvalue weighted by Gasteiger charge is 2.52. The van der Waals surface area contributed by atoms with Gasteiger partial charge in [0.15, 0.2) is 8.32 Å². The molecule has 0 aromatic carbocycles. The maximum absolute atomic E-state index is 12.4. The molecule has 27 heavy (non-hydrogen) atoms. The highest BCUT2D eigenvalue weighted by atomic mass is 28.4. The minimum Gasteiger partial charge on any atom is -0.413 e. The molecule has 0 spiro atoms. The second-order valence-corrected chi connectivity index (χ2v) is 15.0. The molecule has 1 amide bonds. The second kappa shape index (κ2) is 9.40. The first-order valence-electron chi connectivity index (χ1n) is 11.0. The van der Waals surface area contributed by atoms with E-state index in [0.717, 1.165) is 38.5 Å². The first-order chi connectivity index (χ1) is 12.3. The zero-order chi connectivity index (χ0) is 21.0. The van der Waals surface area contributed by atoms with Crippen LogP contribution in [0.2, 0.25) is 18.1 Å². The van der Waals surface area contributed by atoms with Crippen molar-refractivity contribution in [2.24, 2.45) is 11.8 Å². The zero-order valence-corrected chi connectivity index (χ0v) is 20.3. The van der Waals surface area contributed by atoms with Crippen LogP contribution in [0, 0.1) is 11.8 Å². The van der Waals surface area contributed by atoms with Crippen LogP contribution < -0.4 is 5.32 Å². The molecule has 0 bridgehead atoms. The predicted molar refractivity (Wildman–Crippen MR) is 116 cm³/mol. The van der Waals surface area contributed by atoms with Crippen LogP contribution in [0.1, 0.15) is 87.0 Å². The fourth-order valence-electron chi connectivity index (χ4n) is 3.95. The molecule has 160 valence electrons. The Morgan fingerprint density at radius 3 is 1.96 bits per heavy atom. The van der Waals surface area contributed by atoms with Crippen LogP contribution in [-0.2, 0) is 9.22 Å². The van der Waals surface area contributed by atoms with E-state index in [1.807, 2.05) is 6.92 Å². The molecule has 0 aromatic heterocycles. The van der Waals surface area contributed by atoms with Crippen molar-refractivity contribution >= 4 is 14.2 Å². The lowest BCUT2D eigenvalue weighted by atomic mass is 9.69. The van der Waals surface area contributed by atoms with Crippen LogP contribution in [0.25, 0.3) is 0 Å². The summed E-state index contributed by atoms with van der Waals surface area (Å²) in [5, 5.41) is 14.7. The first kappa shape index (κ1) is 24.6. The van der Waals surface area contributed by atoms with Gasteiger partial charge in [-0.3, -0.25) is 4.79 Å². The fraction of sp³-hybridized carbons (Fsp3) is 0.955. The molecule has 4 atom stereocenters. The summed E-state index contributed by atoms with van der Waals surface area (Å²) in [4.78, 5) is 12.4. The van der Waals surface area contributed by atoms with Crippen LogP contribution in [0.5, 0.6) is 0 Å². The quantitative estimate of drug-likeness (QED) is 0.368. The van der Waals surface area contributed by atoms with Gasteiger partial charge < -0.3 is 14.8 Å². The monoisotopic (exact) mass is 399 g/mol. The summed E-state index contributed by atoms with van der Waals surface area (Å²) in [5.41, 5.74) is -0.709. The van der Waals surface area contributed by atoms with Crippen molar-refractivity contribution in [3.05, 3.63) is 0 Å². The molecular weight excluding hydrogens is 354 g/mol. The maximum Gasteiger partial charge on any atom is 0.228 e. The van der Waals surface area contributed by atoms with Gasteiger partial charge in [0.05, 0.1) is 17.6 Å². The van der Waals surface area contributed by atoms with Crippen molar-refractivity contribution in [1.82, 2.24) is 5.32 Å². The van der Waals surface area contributed by atoms with E-state index in [9.17, 15) is 9.90 Å². The molecule has 2 N–H and O–H groups in total. The standard InChI is InChI=1S/C22H45NO3Si/c1-10-12-14-22(25,15-13-11-2)16(3)19-18(20(24)23-19)17(4)26-27(8,9)21(5,6)7/h16-19,25H,10-15H2,1-9H3,(H,23,24)/t16-,17-,18-,19-/m1/s1. The third-order valence-corrected chi connectivity index (χ3v) is 11.7. The Morgan fingerprint density at radius 1 is 1.11 bits per heavy atom. The SMILES string of the molecule is CCCCC(O)(CCCC)[C@H](C)[C@H]1NC(=O)[C@@H]1[C@@H](C)O[Si](C)(C)C(C)(C)C.